The van der Waals surface area contributed by atoms with Crippen LogP contribution in [0.25, 0.3) is 11.3 Å². The monoisotopic (exact) mass is 445 g/mol. The van der Waals surface area contributed by atoms with E-state index in [2.05, 4.69) is 64.8 Å². The van der Waals surface area contributed by atoms with Crippen LogP contribution in [0.1, 0.15) is 51.6 Å². The van der Waals surface area contributed by atoms with E-state index in [4.69, 9.17) is 9.26 Å². The molecular formula is C27H31N3O3. The quantitative estimate of drug-likeness (QED) is 0.612. The van der Waals surface area contributed by atoms with Crippen molar-refractivity contribution in [3.8, 4) is 11.3 Å². The van der Waals surface area contributed by atoms with Gasteiger partial charge >= 0.3 is 0 Å². The van der Waals surface area contributed by atoms with Crippen molar-refractivity contribution in [3.63, 3.8) is 0 Å². The molecule has 0 saturated carbocycles. The van der Waals surface area contributed by atoms with Gasteiger partial charge in [-0.1, -0.05) is 47.1 Å². The number of morpholine rings is 1. The number of carbonyl (C=O) groups excluding carboxylic acids is 1. The minimum atomic E-state index is -0.215. The van der Waals surface area contributed by atoms with E-state index in [1.807, 2.05) is 0 Å². The fraction of sp³-hybridized carbons (Fsp3) is 0.407. The van der Waals surface area contributed by atoms with Gasteiger partial charge in [-0.25, -0.2) is 0 Å². The Kier molecular flexibility index (Phi) is 6.55. The van der Waals surface area contributed by atoms with Crippen LogP contribution in [-0.2, 0) is 17.6 Å². The Bertz CT molecular complexity index is 1100. The van der Waals surface area contributed by atoms with Crippen LogP contribution in [0, 0.1) is 6.92 Å². The van der Waals surface area contributed by atoms with Crippen LogP contribution in [0.15, 0.2) is 53.1 Å². The second kappa shape index (κ2) is 9.89. The summed E-state index contributed by atoms with van der Waals surface area (Å²) in [4.78, 5) is 15.3. The minimum absolute atomic E-state index is 0.0884. The van der Waals surface area contributed by atoms with E-state index in [1.54, 1.807) is 6.07 Å². The molecule has 2 aliphatic rings. The molecule has 1 saturated heterocycles. The molecule has 1 fully saturated rings. The van der Waals surface area contributed by atoms with Crippen LogP contribution in [-0.4, -0.2) is 48.8 Å². The SMILES string of the molecule is Cc1ccc([C@@H](CNC(=O)c2cc(-c3ccc4c(c3)CCCC4)on2)N2CCOCC2)cc1. The third-order valence-electron chi connectivity index (χ3n) is 6.78. The number of fused-ring (bicyclic) bond motifs is 1. The number of hydrogen-bond acceptors (Lipinski definition) is 5. The molecule has 3 aromatic rings. The molecule has 172 valence electrons. The smallest absolute Gasteiger partial charge is 0.273 e. The van der Waals surface area contributed by atoms with Gasteiger partial charge in [-0.3, -0.25) is 9.69 Å². The highest BCUT2D eigenvalue weighted by atomic mass is 16.5. The molecule has 2 aromatic carbocycles. The van der Waals surface area contributed by atoms with Crippen molar-refractivity contribution in [2.75, 3.05) is 32.8 Å². The molecule has 0 spiro atoms. The summed E-state index contributed by atoms with van der Waals surface area (Å²) in [5, 5.41) is 7.14. The number of nitrogens with one attached hydrogen (secondary N) is 1. The Morgan fingerprint density at radius 2 is 1.79 bits per heavy atom. The molecule has 6 nitrogen and oxygen atoms in total. The predicted octanol–water partition coefficient (Wildman–Crippen LogP) is 4.33. The van der Waals surface area contributed by atoms with Crippen molar-refractivity contribution >= 4 is 5.91 Å². The first-order chi connectivity index (χ1) is 16.2. The molecule has 1 amide bonds. The molecule has 1 N–H and O–H groups in total. The number of carbonyl (C=O) groups is 1. The van der Waals surface area contributed by atoms with Gasteiger partial charge in [0.05, 0.1) is 19.3 Å². The number of hydrogen-bond donors (Lipinski definition) is 1. The molecule has 33 heavy (non-hydrogen) atoms. The second-order valence-corrected chi connectivity index (χ2v) is 9.05. The van der Waals surface area contributed by atoms with Gasteiger partial charge in [0.1, 0.15) is 0 Å². The van der Waals surface area contributed by atoms with Gasteiger partial charge in [-0.05, 0) is 55.4 Å². The number of rotatable bonds is 6. The number of aryl methyl sites for hydroxylation is 3. The first kappa shape index (κ1) is 21.9. The maximum Gasteiger partial charge on any atom is 0.273 e. The van der Waals surface area contributed by atoms with Crippen LogP contribution in [0.2, 0.25) is 0 Å². The lowest BCUT2D eigenvalue weighted by molar-refractivity contribution is 0.0162. The lowest BCUT2D eigenvalue weighted by Crippen LogP contribution is -2.43. The Morgan fingerprint density at radius 3 is 2.58 bits per heavy atom. The van der Waals surface area contributed by atoms with Crippen molar-refractivity contribution in [3.05, 3.63) is 76.5 Å². The maximum atomic E-state index is 12.9. The molecular weight excluding hydrogens is 414 g/mol. The van der Waals surface area contributed by atoms with Crippen LogP contribution in [0.4, 0.5) is 0 Å². The van der Waals surface area contributed by atoms with Gasteiger partial charge in [0.15, 0.2) is 11.5 Å². The summed E-state index contributed by atoms with van der Waals surface area (Å²) in [6, 6.07) is 16.8. The van der Waals surface area contributed by atoms with Crippen molar-refractivity contribution in [1.29, 1.82) is 0 Å². The molecule has 2 heterocycles. The zero-order chi connectivity index (χ0) is 22.6. The highest BCUT2D eigenvalue weighted by molar-refractivity contribution is 5.93. The number of amides is 1. The Hall–Kier alpha value is -2.96. The van der Waals surface area contributed by atoms with E-state index in [9.17, 15) is 4.79 Å². The van der Waals surface area contributed by atoms with E-state index in [1.165, 1.54) is 35.1 Å². The topological polar surface area (TPSA) is 67.6 Å². The fourth-order valence-corrected chi connectivity index (χ4v) is 4.82. The largest absolute Gasteiger partial charge is 0.379 e. The van der Waals surface area contributed by atoms with Gasteiger partial charge in [0, 0.05) is 31.3 Å². The Balaban J connectivity index is 1.28. The maximum absolute atomic E-state index is 12.9. The van der Waals surface area contributed by atoms with Crippen LogP contribution in [0.3, 0.4) is 0 Å². The summed E-state index contributed by atoms with van der Waals surface area (Å²) >= 11 is 0. The first-order valence-electron chi connectivity index (χ1n) is 11.9. The van der Waals surface area contributed by atoms with E-state index >= 15 is 0 Å². The zero-order valence-electron chi connectivity index (χ0n) is 19.2. The molecule has 6 heteroatoms. The number of benzene rings is 2. The van der Waals surface area contributed by atoms with Crippen molar-refractivity contribution in [2.45, 2.75) is 38.6 Å². The van der Waals surface area contributed by atoms with E-state index < -0.39 is 0 Å². The van der Waals surface area contributed by atoms with Crippen LogP contribution < -0.4 is 5.32 Å². The highest BCUT2D eigenvalue weighted by Crippen LogP contribution is 2.28. The normalized spacial score (nSPS) is 17.4. The summed E-state index contributed by atoms with van der Waals surface area (Å²) in [5.41, 5.74) is 6.51. The summed E-state index contributed by atoms with van der Waals surface area (Å²) < 4.78 is 11.1. The fourth-order valence-electron chi connectivity index (χ4n) is 4.82. The Morgan fingerprint density at radius 1 is 1.03 bits per heavy atom. The van der Waals surface area contributed by atoms with Crippen LogP contribution >= 0.6 is 0 Å². The summed E-state index contributed by atoms with van der Waals surface area (Å²) in [7, 11) is 0. The lowest BCUT2D eigenvalue weighted by atomic mass is 9.90. The predicted molar refractivity (Wildman–Crippen MR) is 127 cm³/mol. The second-order valence-electron chi connectivity index (χ2n) is 9.05. The third kappa shape index (κ3) is 5.02. The van der Waals surface area contributed by atoms with Crippen molar-refractivity contribution in [2.24, 2.45) is 0 Å². The molecule has 0 radical (unpaired) electrons. The van der Waals surface area contributed by atoms with Gasteiger partial charge in [-0.2, -0.15) is 0 Å². The molecule has 1 atom stereocenters. The summed E-state index contributed by atoms with van der Waals surface area (Å²) in [5.74, 6) is 0.421. The van der Waals surface area contributed by atoms with Gasteiger partial charge in [-0.15, -0.1) is 0 Å². The van der Waals surface area contributed by atoms with E-state index in [0.29, 0.717) is 31.2 Å². The summed E-state index contributed by atoms with van der Waals surface area (Å²) in [6.07, 6.45) is 4.73. The summed E-state index contributed by atoms with van der Waals surface area (Å²) in [6.45, 7) is 5.71. The van der Waals surface area contributed by atoms with Gasteiger partial charge in [0.25, 0.3) is 5.91 Å². The highest BCUT2D eigenvalue weighted by Gasteiger charge is 2.24. The van der Waals surface area contributed by atoms with Crippen molar-refractivity contribution in [1.82, 2.24) is 15.4 Å². The Labute approximate surface area is 194 Å². The number of ether oxygens (including phenoxy) is 1. The molecule has 5 rings (SSSR count). The molecule has 1 aliphatic heterocycles. The number of nitrogens with zero attached hydrogens (tertiary/aromatic N) is 2. The average molecular weight is 446 g/mol. The average Bonchev–Trinajstić information content (AvgIpc) is 3.36. The lowest BCUT2D eigenvalue weighted by Gasteiger charge is -2.35. The van der Waals surface area contributed by atoms with Gasteiger partial charge < -0.3 is 14.6 Å². The first-order valence-corrected chi connectivity index (χ1v) is 11.9. The molecule has 1 aliphatic carbocycles. The van der Waals surface area contributed by atoms with Crippen molar-refractivity contribution < 1.29 is 14.1 Å². The van der Waals surface area contributed by atoms with E-state index in [0.717, 1.165) is 31.5 Å². The number of aromatic nitrogens is 1. The molecule has 1 aromatic heterocycles. The minimum Gasteiger partial charge on any atom is -0.379 e. The molecule has 0 bridgehead atoms. The van der Waals surface area contributed by atoms with Crippen LogP contribution in [0.5, 0.6) is 0 Å². The zero-order valence-corrected chi connectivity index (χ0v) is 19.2. The third-order valence-corrected chi connectivity index (χ3v) is 6.78. The standard InChI is InChI=1S/C27H31N3O3/c1-19-6-8-21(9-7-19)25(30-12-14-32-15-13-30)18-28-27(31)24-17-26(33-29-24)23-11-10-20-4-2-3-5-22(20)16-23/h6-11,16-17,25H,2-5,12-15,18H2,1H3,(H,28,31)/t25-/m1/s1. The van der Waals surface area contributed by atoms with Gasteiger partial charge in [0.2, 0.25) is 0 Å². The van der Waals surface area contributed by atoms with E-state index in [-0.39, 0.29) is 11.9 Å². The molecule has 0 unspecified atom stereocenters.